The van der Waals surface area contributed by atoms with Crippen molar-refractivity contribution < 1.29 is 18.5 Å². The minimum absolute atomic E-state index is 0.00193. The van der Waals surface area contributed by atoms with Crippen LogP contribution < -0.4 is 5.32 Å². The number of aromatic nitrogens is 2. The zero-order chi connectivity index (χ0) is 20.8. The molecular formula is C21H22N4O4. The normalized spacial score (nSPS) is 19.7. The third-order valence-corrected chi connectivity index (χ3v) is 5.11. The molecule has 1 saturated heterocycles. The lowest BCUT2D eigenvalue weighted by Crippen LogP contribution is -2.40. The van der Waals surface area contributed by atoms with Gasteiger partial charge in [-0.25, -0.2) is 4.79 Å². The summed E-state index contributed by atoms with van der Waals surface area (Å²) in [6.07, 6.45) is 1.50. The van der Waals surface area contributed by atoms with E-state index in [4.69, 9.17) is 8.94 Å². The van der Waals surface area contributed by atoms with E-state index in [0.29, 0.717) is 11.3 Å². The average molecular weight is 394 g/mol. The van der Waals surface area contributed by atoms with Crippen molar-refractivity contribution in [3.8, 4) is 11.6 Å². The summed E-state index contributed by atoms with van der Waals surface area (Å²) in [6, 6.07) is 10.6. The zero-order valence-electron chi connectivity index (χ0n) is 16.7. The second kappa shape index (κ2) is 6.58. The summed E-state index contributed by atoms with van der Waals surface area (Å²) >= 11 is 0. The molecule has 1 fully saturated rings. The molecule has 0 unspecified atom stereocenters. The zero-order valence-corrected chi connectivity index (χ0v) is 16.7. The van der Waals surface area contributed by atoms with Gasteiger partial charge in [0.25, 0.3) is 5.91 Å². The molecular weight excluding hydrogens is 372 g/mol. The number of amides is 3. The van der Waals surface area contributed by atoms with Crippen LogP contribution in [0.15, 0.2) is 51.6 Å². The Hall–Kier alpha value is -3.42. The topological polar surface area (TPSA) is 101 Å². The van der Waals surface area contributed by atoms with E-state index in [9.17, 15) is 9.59 Å². The summed E-state index contributed by atoms with van der Waals surface area (Å²) in [4.78, 5) is 30.9. The molecule has 8 heteroatoms. The van der Waals surface area contributed by atoms with E-state index >= 15 is 0 Å². The molecule has 1 atom stereocenters. The third kappa shape index (κ3) is 3.30. The minimum Gasteiger partial charge on any atom is -0.461 e. The molecule has 3 aromatic rings. The molecule has 0 saturated carbocycles. The monoisotopic (exact) mass is 394 g/mol. The van der Waals surface area contributed by atoms with Crippen LogP contribution in [0, 0.1) is 0 Å². The standard InChI is InChI=1S/C21H22N4O4/c1-20(2,3)13-7-9-14(10-8-13)21(4)18(26)25(19(27)23-21)12-16-22-17(24-29-16)15-6-5-11-28-15/h5-11H,12H2,1-4H3,(H,23,27)/t21-/m0/s1. The van der Waals surface area contributed by atoms with Crippen LogP contribution in [0.1, 0.15) is 44.7 Å². The first-order chi connectivity index (χ1) is 13.7. The molecule has 1 aliphatic rings. The van der Waals surface area contributed by atoms with E-state index < -0.39 is 11.6 Å². The van der Waals surface area contributed by atoms with E-state index in [1.807, 2.05) is 24.3 Å². The molecule has 1 aliphatic heterocycles. The van der Waals surface area contributed by atoms with Crippen LogP contribution in [0.5, 0.6) is 0 Å². The summed E-state index contributed by atoms with van der Waals surface area (Å²) in [6.45, 7) is 7.94. The van der Waals surface area contributed by atoms with Crippen LogP contribution >= 0.6 is 0 Å². The van der Waals surface area contributed by atoms with Crippen molar-refractivity contribution in [3.05, 3.63) is 59.7 Å². The number of nitrogens with zero attached hydrogens (tertiary/aromatic N) is 3. The predicted molar refractivity (Wildman–Crippen MR) is 104 cm³/mol. The Kier molecular flexibility index (Phi) is 4.29. The fourth-order valence-electron chi connectivity index (χ4n) is 3.30. The van der Waals surface area contributed by atoms with E-state index in [1.54, 1.807) is 19.1 Å². The van der Waals surface area contributed by atoms with Crippen LogP contribution in [0.25, 0.3) is 11.6 Å². The molecule has 0 bridgehead atoms. The van der Waals surface area contributed by atoms with Gasteiger partial charge in [0.15, 0.2) is 5.76 Å². The van der Waals surface area contributed by atoms with Gasteiger partial charge in [-0.05, 0) is 35.6 Å². The summed E-state index contributed by atoms with van der Waals surface area (Å²) in [5.74, 6) is 0.481. The maximum Gasteiger partial charge on any atom is 0.325 e. The maximum absolute atomic E-state index is 13.1. The fourth-order valence-corrected chi connectivity index (χ4v) is 3.30. The first-order valence-corrected chi connectivity index (χ1v) is 9.30. The lowest BCUT2D eigenvalue weighted by Gasteiger charge is -2.24. The molecule has 4 rings (SSSR count). The van der Waals surface area contributed by atoms with Gasteiger partial charge >= 0.3 is 6.03 Å². The van der Waals surface area contributed by atoms with Gasteiger partial charge in [0.1, 0.15) is 12.1 Å². The number of imide groups is 1. The second-order valence-electron chi connectivity index (χ2n) is 8.26. The quantitative estimate of drug-likeness (QED) is 0.679. The van der Waals surface area contributed by atoms with Gasteiger partial charge in [0.05, 0.1) is 6.26 Å². The predicted octanol–water partition coefficient (Wildman–Crippen LogP) is 3.59. The Morgan fingerprint density at radius 1 is 1.14 bits per heavy atom. The van der Waals surface area contributed by atoms with Gasteiger partial charge < -0.3 is 14.3 Å². The fraction of sp³-hybridized carbons (Fsp3) is 0.333. The molecule has 3 amide bonds. The highest BCUT2D eigenvalue weighted by Crippen LogP contribution is 2.32. The van der Waals surface area contributed by atoms with Crippen molar-refractivity contribution in [2.45, 2.75) is 45.2 Å². The first-order valence-electron chi connectivity index (χ1n) is 9.30. The Balaban J connectivity index is 1.55. The molecule has 1 aromatic carbocycles. The second-order valence-corrected chi connectivity index (χ2v) is 8.26. The summed E-state index contributed by atoms with van der Waals surface area (Å²) in [5.41, 5.74) is 0.707. The lowest BCUT2D eigenvalue weighted by atomic mass is 9.84. The number of carbonyl (C=O) groups excluding carboxylic acids is 2. The van der Waals surface area contributed by atoms with Crippen LogP contribution in [-0.4, -0.2) is 27.0 Å². The van der Waals surface area contributed by atoms with Crippen LogP contribution in [0.3, 0.4) is 0 Å². The number of hydrogen-bond acceptors (Lipinski definition) is 6. The van der Waals surface area contributed by atoms with Crippen molar-refractivity contribution in [2.75, 3.05) is 0 Å². The largest absolute Gasteiger partial charge is 0.461 e. The number of nitrogens with one attached hydrogen (secondary N) is 1. The Morgan fingerprint density at radius 2 is 1.86 bits per heavy atom. The highest BCUT2D eigenvalue weighted by atomic mass is 16.5. The van der Waals surface area contributed by atoms with Crippen molar-refractivity contribution in [1.29, 1.82) is 0 Å². The van der Waals surface area contributed by atoms with Crippen molar-refractivity contribution in [3.63, 3.8) is 0 Å². The summed E-state index contributed by atoms with van der Waals surface area (Å²) in [7, 11) is 0. The Morgan fingerprint density at radius 3 is 2.48 bits per heavy atom. The maximum atomic E-state index is 13.1. The van der Waals surface area contributed by atoms with Crippen molar-refractivity contribution in [2.24, 2.45) is 0 Å². The molecule has 2 aromatic heterocycles. The summed E-state index contributed by atoms with van der Waals surface area (Å²) in [5, 5.41) is 6.62. The molecule has 0 spiro atoms. The smallest absolute Gasteiger partial charge is 0.325 e. The van der Waals surface area contributed by atoms with Crippen LogP contribution in [-0.2, 0) is 22.3 Å². The molecule has 1 N–H and O–H groups in total. The third-order valence-electron chi connectivity index (χ3n) is 5.11. The summed E-state index contributed by atoms with van der Waals surface area (Å²) < 4.78 is 10.4. The van der Waals surface area contributed by atoms with Gasteiger partial charge in [-0.1, -0.05) is 50.2 Å². The SMILES string of the molecule is CC(C)(C)c1ccc([C@]2(C)NC(=O)N(Cc3nc(-c4ccco4)no3)C2=O)cc1. The highest BCUT2D eigenvalue weighted by Gasteiger charge is 2.49. The number of furan rings is 1. The Bertz CT molecular complexity index is 1050. The van der Waals surface area contributed by atoms with Gasteiger partial charge in [-0.3, -0.25) is 9.69 Å². The first kappa shape index (κ1) is 18.9. The minimum atomic E-state index is -1.16. The number of hydrogen-bond donors (Lipinski definition) is 1. The molecule has 0 radical (unpaired) electrons. The van der Waals surface area contributed by atoms with Gasteiger partial charge in [-0.2, -0.15) is 4.98 Å². The van der Waals surface area contributed by atoms with Gasteiger partial charge in [0, 0.05) is 0 Å². The number of carbonyl (C=O) groups is 2. The molecule has 8 nitrogen and oxygen atoms in total. The number of rotatable bonds is 4. The van der Waals surface area contributed by atoms with Crippen LogP contribution in [0.4, 0.5) is 4.79 Å². The van der Waals surface area contributed by atoms with E-state index in [-0.39, 0.29) is 29.6 Å². The molecule has 29 heavy (non-hydrogen) atoms. The number of urea groups is 1. The highest BCUT2D eigenvalue weighted by molar-refractivity contribution is 6.07. The van der Waals surface area contributed by atoms with Crippen molar-refractivity contribution in [1.82, 2.24) is 20.4 Å². The Labute approximate surface area is 167 Å². The van der Waals surface area contributed by atoms with E-state index in [2.05, 4.69) is 36.2 Å². The molecule has 3 heterocycles. The van der Waals surface area contributed by atoms with Crippen LogP contribution in [0.2, 0.25) is 0 Å². The van der Waals surface area contributed by atoms with E-state index in [0.717, 1.165) is 10.5 Å². The van der Waals surface area contributed by atoms with Gasteiger partial charge in [0.2, 0.25) is 11.7 Å². The average Bonchev–Trinajstić information content (AvgIpc) is 3.39. The molecule has 0 aliphatic carbocycles. The lowest BCUT2D eigenvalue weighted by molar-refractivity contribution is -0.131. The van der Waals surface area contributed by atoms with Gasteiger partial charge in [-0.15, -0.1) is 0 Å². The van der Waals surface area contributed by atoms with E-state index in [1.165, 1.54) is 6.26 Å². The molecule has 150 valence electrons. The number of benzene rings is 1. The van der Waals surface area contributed by atoms with Crippen molar-refractivity contribution >= 4 is 11.9 Å².